The van der Waals surface area contributed by atoms with Gasteiger partial charge in [0.05, 0.1) is 11.7 Å². The first-order chi connectivity index (χ1) is 13.4. The molecule has 4 aliphatic rings. The van der Waals surface area contributed by atoms with E-state index >= 15 is 4.39 Å². The normalized spacial score (nSPS) is 51.1. The Morgan fingerprint density at radius 1 is 1.31 bits per heavy atom. The Morgan fingerprint density at radius 3 is 2.66 bits per heavy atom. The molecular formula is C23H31FO5. The van der Waals surface area contributed by atoms with Crippen LogP contribution in [-0.2, 0) is 9.59 Å². The molecule has 0 radical (unpaired) electrons. The molecule has 3 fully saturated rings. The van der Waals surface area contributed by atoms with Crippen molar-refractivity contribution < 1.29 is 29.3 Å². The fourth-order valence-electron chi connectivity index (χ4n) is 7.36. The molecule has 5 nitrogen and oxygen atoms in total. The number of hydrogen-bond donors (Lipinski definition) is 3. The summed E-state index contributed by atoms with van der Waals surface area (Å²) in [5.41, 5.74) is -4.50. The van der Waals surface area contributed by atoms with Gasteiger partial charge in [0, 0.05) is 23.2 Å². The zero-order chi connectivity index (χ0) is 21.4. The minimum Gasteiger partial charge on any atom is -0.390 e. The van der Waals surface area contributed by atoms with E-state index in [1.807, 2.05) is 13.8 Å². The van der Waals surface area contributed by atoms with Crippen molar-refractivity contribution in [2.24, 2.45) is 28.6 Å². The Morgan fingerprint density at radius 2 is 2.00 bits per heavy atom. The zero-order valence-electron chi connectivity index (χ0n) is 17.3. The smallest absolute Gasteiger partial charge is 0.178 e. The number of Topliss-reactive ketones (excluding diaryl/α,β-unsaturated/α-hetero) is 1. The molecule has 4 aliphatic carbocycles. The number of ketones is 2. The summed E-state index contributed by atoms with van der Waals surface area (Å²) in [5.74, 6) is -1.54. The van der Waals surface area contributed by atoms with Crippen molar-refractivity contribution in [1.82, 2.24) is 0 Å². The Balaban J connectivity index is 1.79. The van der Waals surface area contributed by atoms with Crippen LogP contribution in [-0.4, -0.2) is 50.9 Å². The summed E-state index contributed by atoms with van der Waals surface area (Å²) in [6, 6.07) is 0. The second-order valence-electron chi connectivity index (χ2n) is 10.2. The van der Waals surface area contributed by atoms with Crippen molar-refractivity contribution in [2.75, 3.05) is 6.61 Å². The van der Waals surface area contributed by atoms with E-state index in [-0.39, 0.29) is 30.5 Å². The molecule has 0 aromatic heterocycles. The van der Waals surface area contributed by atoms with E-state index in [0.717, 1.165) is 5.57 Å². The highest BCUT2D eigenvalue weighted by molar-refractivity contribution is 6.01. The molecule has 0 aromatic carbocycles. The topological polar surface area (TPSA) is 94.8 Å². The number of rotatable bonds is 3. The van der Waals surface area contributed by atoms with Crippen LogP contribution in [0.4, 0.5) is 4.39 Å². The molecule has 0 bridgehead atoms. The van der Waals surface area contributed by atoms with Crippen molar-refractivity contribution in [3.63, 3.8) is 0 Å². The van der Waals surface area contributed by atoms with Crippen LogP contribution in [0.3, 0.4) is 0 Å². The van der Waals surface area contributed by atoms with E-state index in [4.69, 9.17) is 0 Å². The van der Waals surface area contributed by atoms with E-state index < -0.39 is 46.5 Å². The summed E-state index contributed by atoms with van der Waals surface area (Å²) in [5, 5.41) is 32.0. The van der Waals surface area contributed by atoms with Crippen LogP contribution in [0.5, 0.6) is 0 Å². The Hall–Kier alpha value is -1.37. The third-order valence-electron chi connectivity index (χ3n) is 9.09. The third kappa shape index (κ3) is 2.42. The maximum atomic E-state index is 16.9. The monoisotopic (exact) mass is 406 g/mol. The number of hydrogen-bond acceptors (Lipinski definition) is 5. The second kappa shape index (κ2) is 6.32. The summed E-state index contributed by atoms with van der Waals surface area (Å²) in [4.78, 5) is 23.9. The molecule has 0 spiro atoms. The van der Waals surface area contributed by atoms with Gasteiger partial charge in [0.15, 0.2) is 17.2 Å². The Kier molecular flexibility index (Phi) is 4.55. The quantitative estimate of drug-likeness (QED) is 0.669. The van der Waals surface area contributed by atoms with Gasteiger partial charge < -0.3 is 15.3 Å². The maximum Gasteiger partial charge on any atom is 0.178 e. The van der Waals surface area contributed by atoms with Crippen molar-refractivity contribution in [3.8, 4) is 0 Å². The second-order valence-corrected chi connectivity index (χ2v) is 10.2. The first-order valence-corrected chi connectivity index (χ1v) is 10.6. The Labute approximate surface area is 170 Å². The van der Waals surface area contributed by atoms with Crippen LogP contribution in [0.1, 0.15) is 52.9 Å². The van der Waals surface area contributed by atoms with Crippen LogP contribution in [0, 0.1) is 28.6 Å². The maximum absolute atomic E-state index is 16.9. The fraction of sp³-hybridized carbons (Fsp3) is 0.739. The van der Waals surface area contributed by atoms with Gasteiger partial charge in [0.1, 0.15) is 6.61 Å². The number of carbonyl (C=O) groups excluding carboxylic acids is 2. The zero-order valence-corrected chi connectivity index (χ0v) is 17.3. The summed E-state index contributed by atoms with van der Waals surface area (Å²) in [6.45, 7) is 4.86. The molecule has 4 rings (SSSR count). The van der Waals surface area contributed by atoms with Crippen molar-refractivity contribution >= 4 is 11.6 Å². The summed E-state index contributed by atoms with van der Waals surface area (Å²) in [7, 11) is 0. The van der Waals surface area contributed by atoms with Gasteiger partial charge in [0.2, 0.25) is 0 Å². The molecule has 6 heteroatoms. The van der Waals surface area contributed by atoms with Gasteiger partial charge in [-0.2, -0.15) is 0 Å². The largest absolute Gasteiger partial charge is 0.390 e. The molecular weight excluding hydrogens is 375 g/mol. The van der Waals surface area contributed by atoms with Gasteiger partial charge in [0.25, 0.3) is 0 Å². The standard InChI is InChI=1S/C23H31FO5/c1-13-8-18-17-5-4-14-9-15(26)6-7-20(14,2)23(17,24)19(28)11-21(18,3)22(13,29)10-16(27)12-25/h6-7,9,13,17-19,25,28-29H,4-5,8,10-12H2,1-3H3/t13-,17+,18+,19+,20+,21+,22-,23+/m1/s1. The minimum absolute atomic E-state index is 0.0366. The molecule has 0 amide bonds. The molecule has 0 unspecified atom stereocenters. The molecule has 3 saturated carbocycles. The molecule has 160 valence electrons. The number of aliphatic hydroxyl groups is 3. The van der Waals surface area contributed by atoms with Crippen molar-refractivity contribution in [3.05, 3.63) is 23.8 Å². The number of alkyl halides is 1. The number of carbonyl (C=O) groups is 2. The molecule has 0 aliphatic heterocycles. The van der Waals surface area contributed by atoms with Gasteiger partial charge >= 0.3 is 0 Å². The lowest BCUT2D eigenvalue weighted by Gasteiger charge is -2.62. The van der Waals surface area contributed by atoms with Crippen LogP contribution in [0.25, 0.3) is 0 Å². The van der Waals surface area contributed by atoms with E-state index in [1.165, 1.54) is 12.2 Å². The first kappa shape index (κ1) is 20.9. The highest BCUT2D eigenvalue weighted by atomic mass is 19.1. The summed E-state index contributed by atoms with van der Waals surface area (Å²) in [6.07, 6.45) is 4.66. The van der Waals surface area contributed by atoms with Crippen molar-refractivity contribution in [2.45, 2.75) is 70.2 Å². The van der Waals surface area contributed by atoms with E-state index in [9.17, 15) is 24.9 Å². The fourth-order valence-corrected chi connectivity index (χ4v) is 7.36. The summed E-state index contributed by atoms with van der Waals surface area (Å²) >= 11 is 0. The predicted octanol–water partition coefficient (Wildman–Crippen LogP) is 2.29. The number of halogens is 1. The van der Waals surface area contributed by atoms with Gasteiger partial charge in [-0.05, 0) is 56.6 Å². The van der Waals surface area contributed by atoms with E-state index in [0.29, 0.717) is 19.3 Å². The third-order valence-corrected chi connectivity index (χ3v) is 9.09. The molecule has 8 atom stereocenters. The van der Waals surface area contributed by atoms with Gasteiger partial charge in [-0.15, -0.1) is 0 Å². The van der Waals surface area contributed by atoms with Gasteiger partial charge in [-0.3, -0.25) is 9.59 Å². The number of aliphatic hydroxyl groups excluding tert-OH is 2. The SMILES string of the molecule is C[C@@H]1C[C@H]2[C@@H]3CCC4=CC(=O)C=C[C@]4(C)[C@@]3(F)[C@@H](O)C[C@]2(C)[C@@]1(O)CC(=O)CO. The lowest BCUT2D eigenvalue weighted by molar-refractivity contribution is -0.221. The van der Waals surface area contributed by atoms with E-state index in [1.54, 1.807) is 13.0 Å². The Bertz CT molecular complexity index is 820. The molecule has 29 heavy (non-hydrogen) atoms. The molecule has 0 aromatic rings. The van der Waals surface area contributed by atoms with Crippen molar-refractivity contribution in [1.29, 1.82) is 0 Å². The number of fused-ring (bicyclic) bond motifs is 5. The predicted molar refractivity (Wildman–Crippen MR) is 105 cm³/mol. The lowest BCUT2D eigenvalue weighted by Crippen LogP contribution is -2.68. The highest BCUT2D eigenvalue weighted by Gasteiger charge is 2.74. The van der Waals surface area contributed by atoms with E-state index in [2.05, 4.69) is 0 Å². The average molecular weight is 406 g/mol. The van der Waals surface area contributed by atoms with Crippen LogP contribution < -0.4 is 0 Å². The van der Waals surface area contributed by atoms with Crippen LogP contribution >= 0.6 is 0 Å². The average Bonchev–Trinajstić information content (AvgIpc) is 2.84. The first-order valence-electron chi connectivity index (χ1n) is 10.6. The highest BCUT2D eigenvalue weighted by Crippen LogP contribution is 2.71. The molecule has 0 saturated heterocycles. The minimum atomic E-state index is -1.94. The number of allylic oxidation sites excluding steroid dienone is 4. The lowest BCUT2D eigenvalue weighted by atomic mass is 9.44. The molecule has 3 N–H and O–H groups in total. The summed E-state index contributed by atoms with van der Waals surface area (Å²) < 4.78 is 16.9. The molecule has 0 heterocycles. The van der Waals surface area contributed by atoms with Gasteiger partial charge in [-0.25, -0.2) is 4.39 Å². The van der Waals surface area contributed by atoms with Gasteiger partial charge in [-0.1, -0.05) is 25.5 Å². The van der Waals surface area contributed by atoms with Crippen LogP contribution in [0.2, 0.25) is 0 Å². The van der Waals surface area contributed by atoms with Crippen LogP contribution in [0.15, 0.2) is 23.8 Å².